The van der Waals surface area contributed by atoms with Crippen molar-refractivity contribution in [3.8, 4) is 17.2 Å². The van der Waals surface area contributed by atoms with Gasteiger partial charge in [0, 0.05) is 5.56 Å². The molecule has 0 radical (unpaired) electrons. The molecule has 2 aromatic carbocycles. The minimum absolute atomic E-state index is 0.138. The molecule has 1 unspecified atom stereocenters. The van der Waals surface area contributed by atoms with Gasteiger partial charge in [0.25, 0.3) is 0 Å². The summed E-state index contributed by atoms with van der Waals surface area (Å²) in [6, 6.07) is 13.8. The Kier molecular flexibility index (Phi) is 3.71. The molecule has 0 saturated carbocycles. The Bertz CT molecular complexity index is 578. The number of carboxylic acids is 1. The van der Waals surface area contributed by atoms with Crippen LogP contribution >= 0.6 is 0 Å². The van der Waals surface area contributed by atoms with Gasteiger partial charge in [-0.3, -0.25) is 4.79 Å². The number of hydrogen-bond donors (Lipinski definition) is 2. The average Bonchev–Trinajstić information content (AvgIpc) is 2.41. The lowest BCUT2D eigenvalue weighted by molar-refractivity contribution is -0.138. The molecular formula is C15H14O4. The van der Waals surface area contributed by atoms with Crippen LogP contribution in [0, 0.1) is 0 Å². The quantitative estimate of drug-likeness (QED) is 0.882. The van der Waals surface area contributed by atoms with Gasteiger partial charge in [-0.05, 0) is 25.1 Å². The van der Waals surface area contributed by atoms with Crippen molar-refractivity contribution in [1.82, 2.24) is 0 Å². The minimum atomic E-state index is -0.993. The normalized spacial score (nSPS) is 11.8. The maximum absolute atomic E-state index is 11.0. The van der Waals surface area contributed by atoms with Crippen LogP contribution in [0.3, 0.4) is 0 Å². The highest BCUT2D eigenvalue weighted by Gasteiger charge is 2.20. The predicted octanol–water partition coefficient (Wildman–Crippen LogP) is 3.37. The monoisotopic (exact) mass is 258 g/mol. The third-order valence-electron chi connectivity index (χ3n) is 2.84. The molecule has 19 heavy (non-hydrogen) atoms. The summed E-state index contributed by atoms with van der Waals surface area (Å²) in [6.45, 7) is 1.52. The molecule has 1 atom stereocenters. The Morgan fingerprint density at radius 2 is 1.79 bits per heavy atom. The number of carboxylic acid groups (broad SMARTS) is 1. The lowest BCUT2D eigenvalue weighted by Crippen LogP contribution is -2.07. The summed E-state index contributed by atoms with van der Waals surface area (Å²) in [7, 11) is 0. The van der Waals surface area contributed by atoms with Gasteiger partial charge in [-0.1, -0.05) is 30.3 Å². The first-order chi connectivity index (χ1) is 9.09. The number of aliphatic carboxylic acids is 1. The van der Waals surface area contributed by atoms with Crippen LogP contribution in [0.2, 0.25) is 0 Å². The van der Waals surface area contributed by atoms with Crippen molar-refractivity contribution in [2.24, 2.45) is 0 Å². The molecule has 98 valence electrons. The summed E-state index contributed by atoms with van der Waals surface area (Å²) < 4.78 is 5.54. The van der Waals surface area contributed by atoms with E-state index in [4.69, 9.17) is 9.84 Å². The number of para-hydroxylation sites is 2. The average molecular weight is 258 g/mol. The van der Waals surface area contributed by atoms with Crippen molar-refractivity contribution in [3.05, 3.63) is 54.1 Å². The smallest absolute Gasteiger partial charge is 0.310 e. The third kappa shape index (κ3) is 2.85. The van der Waals surface area contributed by atoms with Gasteiger partial charge in [0.2, 0.25) is 0 Å². The van der Waals surface area contributed by atoms with Gasteiger partial charge < -0.3 is 14.9 Å². The summed E-state index contributed by atoms with van der Waals surface area (Å²) in [6.07, 6.45) is 0. The van der Waals surface area contributed by atoms with E-state index in [2.05, 4.69) is 0 Å². The van der Waals surface area contributed by atoms with Gasteiger partial charge in [-0.15, -0.1) is 0 Å². The van der Waals surface area contributed by atoms with E-state index in [0.29, 0.717) is 11.3 Å². The standard InChI is InChI=1S/C15H14O4/c1-10(15(17)18)12-8-5-9-13(14(12)16)19-11-6-3-2-4-7-11/h2-10,16H,1H3,(H,17,18). The van der Waals surface area contributed by atoms with Gasteiger partial charge in [-0.2, -0.15) is 0 Å². The van der Waals surface area contributed by atoms with E-state index < -0.39 is 11.9 Å². The van der Waals surface area contributed by atoms with Crippen molar-refractivity contribution in [3.63, 3.8) is 0 Å². The molecule has 4 nitrogen and oxygen atoms in total. The molecule has 0 saturated heterocycles. The zero-order valence-corrected chi connectivity index (χ0v) is 10.4. The molecule has 4 heteroatoms. The minimum Gasteiger partial charge on any atom is -0.504 e. The number of phenolic OH excluding ortho intramolecular Hbond substituents is 1. The first kappa shape index (κ1) is 13.0. The first-order valence-electron chi connectivity index (χ1n) is 5.87. The number of carbonyl (C=O) groups is 1. The number of phenols is 1. The maximum atomic E-state index is 11.0. The fourth-order valence-electron chi connectivity index (χ4n) is 1.72. The van der Waals surface area contributed by atoms with Crippen molar-refractivity contribution in [1.29, 1.82) is 0 Å². The highest BCUT2D eigenvalue weighted by molar-refractivity contribution is 5.77. The molecule has 0 aliphatic rings. The van der Waals surface area contributed by atoms with Crippen LogP contribution in [-0.4, -0.2) is 16.2 Å². The second-order valence-electron chi connectivity index (χ2n) is 4.17. The fourth-order valence-corrected chi connectivity index (χ4v) is 1.72. The number of benzene rings is 2. The molecule has 0 aromatic heterocycles. The lowest BCUT2D eigenvalue weighted by Gasteiger charge is -2.13. The predicted molar refractivity (Wildman–Crippen MR) is 70.7 cm³/mol. The zero-order valence-electron chi connectivity index (χ0n) is 10.4. The van der Waals surface area contributed by atoms with Gasteiger partial charge in [0.1, 0.15) is 5.75 Å². The molecule has 2 aromatic rings. The molecule has 0 amide bonds. The van der Waals surface area contributed by atoms with Gasteiger partial charge in [0.05, 0.1) is 5.92 Å². The Morgan fingerprint density at radius 3 is 2.42 bits per heavy atom. The molecule has 0 spiro atoms. The van der Waals surface area contributed by atoms with E-state index >= 15 is 0 Å². The molecule has 0 fully saturated rings. The molecular weight excluding hydrogens is 244 g/mol. The van der Waals surface area contributed by atoms with Crippen LogP contribution < -0.4 is 4.74 Å². The highest BCUT2D eigenvalue weighted by atomic mass is 16.5. The maximum Gasteiger partial charge on any atom is 0.310 e. The van der Waals surface area contributed by atoms with Gasteiger partial charge >= 0.3 is 5.97 Å². The highest BCUT2D eigenvalue weighted by Crippen LogP contribution is 2.36. The molecule has 0 aliphatic heterocycles. The van der Waals surface area contributed by atoms with E-state index in [0.717, 1.165) is 0 Å². The van der Waals surface area contributed by atoms with Crippen LogP contribution in [0.25, 0.3) is 0 Å². The zero-order chi connectivity index (χ0) is 13.8. The van der Waals surface area contributed by atoms with E-state index in [1.165, 1.54) is 6.92 Å². The second-order valence-corrected chi connectivity index (χ2v) is 4.17. The van der Waals surface area contributed by atoms with Crippen LogP contribution in [0.1, 0.15) is 18.4 Å². The largest absolute Gasteiger partial charge is 0.504 e. The Morgan fingerprint density at radius 1 is 1.11 bits per heavy atom. The van der Waals surface area contributed by atoms with Crippen LogP contribution in [-0.2, 0) is 4.79 Å². The molecule has 0 aliphatic carbocycles. The number of rotatable bonds is 4. The van der Waals surface area contributed by atoms with Crippen LogP contribution in [0.15, 0.2) is 48.5 Å². The molecule has 0 heterocycles. The number of hydrogen-bond acceptors (Lipinski definition) is 3. The van der Waals surface area contributed by atoms with Crippen molar-refractivity contribution < 1.29 is 19.7 Å². The third-order valence-corrected chi connectivity index (χ3v) is 2.84. The summed E-state index contributed by atoms with van der Waals surface area (Å²) in [5.41, 5.74) is 0.334. The fraction of sp³-hybridized carbons (Fsp3) is 0.133. The number of aromatic hydroxyl groups is 1. The Labute approximate surface area is 110 Å². The summed E-state index contributed by atoms with van der Waals surface area (Å²) in [4.78, 5) is 11.0. The van der Waals surface area contributed by atoms with Crippen LogP contribution in [0.4, 0.5) is 0 Å². The SMILES string of the molecule is CC(C(=O)O)c1cccc(Oc2ccccc2)c1O. The van der Waals surface area contributed by atoms with E-state index in [-0.39, 0.29) is 11.5 Å². The van der Waals surface area contributed by atoms with E-state index in [9.17, 15) is 9.90 Å². The number of ether oxygens (including phenoxy) is 1. The van der Waals surface area contributed by atoms with Gasteiger partial charge in [0.15, 0.2) is 11.5 Å². The van der Waals surface area contributed by atoms with Crippen LogP contribution in [0.5, 0.6) is 17.2 Å². The van der Waals surface area contributed by atoms with Gasteiger partial charge in [-0.25, -0.2) is 0 Å². The van der Waals surface area contributed by atoms with Crippen molar-refractivity contribution >= 4 is 5.97 Å². The topological polar surface area (TPSA) is 66.8 Å². The lowest BCUT2D eigenvalue weighted by atomic mass is 10.00. The van der Waals surface area contributed by atoms with E-state index in [1.807, 2.05) is 18.2 Å². The summed E-state index contributed by atoms with van der Waals surface area (Å²) >= 11 is 0. The van der Waals surface area contributed by atoms with E-state index in [1.54, 1.807) is 30.3 Å². The first-order valence-corrected chi connectivity index (χ1v) is 5.87. The molecule has 2 rings (SSSR count). The molecule has 2 N–H and O–H groups in total. The molecule has 0 bridgehead atoms. The Balaban J connectivity index is 2.33. The van der Waals surface area contributed by atoms with Crippen molar-refractivity contribution in [2.75, 3.05) is 0 Å². The summed E-state index contributed by atoms with van der Waals surface area (Å²) in [5.74, 6) is -1.09. The summed E-state index contributed by atoms with van der Waals surface area (Å²) in [5, 5.41) is 19.1. The van der Waals surface area contributed by atoms with Crippen molar-refractivity contribution in [2.45, 2.75) is 12.8 Å². The Hall–Kier alpha value is -2.49. The second kappa shape index (κ2) is 5.44.